The van der Waals surface area contributed by atoms with E-state index in [4.69, 9.17) is 16.7 Å². The summed E-state index contributed by atoms with van der Waals surface area (Å²) in [4.78, 5) is 10.5. The molecule has 2 N–H and O–H groups in total. The fraction of sp³-hybridized carbons (Fsp3) is 0.455. The molecule has 0 heterocycles. The molecule has 1 aromatic rings. The van der Waals surface area contributed by atoms with Crippen LogP contribution < -0.4 is 5.32 Å². The van der Waals surface area contributed by atoms with E-state index in [0.717, 1.165) is 5.75 Å². The highest BCUT2D eigenvalue weighted by Crippen LogP contribution is 2.28. The Morgan fingerprint density at radius 2 is 2.33 bits per heavy atom. The molecule has 0 aliphatic heterocycles. The zero-order valence-electron chi connectivity index (χ0n) is 9.93. The van der Waals surface area contributed by atoms with Crippen molar-refractivity contribution in [3.05, 3.63) is 33.3 Å². The van der Waals surface area contributed by atoms with Crippen LogP contribution in [0.2, 0.25) is 5.02 Å². The smallest absolute Gasteiger partial charge is 0.293 e. The van der Waals surface area contributed by atoms with Gasteiger partial charge in [-0.1, -0.05) is 11.6 Å². The molecule has 0 fully saturated rings. The summed E-state index contributed by atoms with van der Waals surface area (Å²) in [5.74, 6) is 0.764. The van der Waals surface area contributed by atoms with Gasteiger partial charge in [-0.05, 0) is 24.8 Å². The van der Waals surface area contributed by atoms with Crippen LogP contribution >= 0.6 is 23.4 Å². The summed E-state index contributed by atoms with van der Waals surface area (Å²) in [6.07, 6.45) is 2.49. The van der Waals surface area contributed by atoms with Crippen molar-refractivity contribution in [2.24, 2.45) is 0 Å². The van der Waals surface area contributed by atoms with E-state index in [0.29, 0.717) is 17.1 Å². The Hall–Kier alpha value is -0.980. The Bertz CT molecular complexity index is 411. The molecule has 0 bridgehead atoms. The normalized spacial score (nSPS) is 12.2. The second kappa shape index (κ2) is 7.45. The van der Waals surface area contributed by atoms with Gasteiger partial charge in [-0.3, -0.25) is 10.1 Å². The highest BCUT2D eigenvalue weighted by atomic mass is 35.5. The van der Waals surface area contributed by atoms with Crippen molar-refractivity contribution in [2.45, 2.75) is 12.5 Å². The van der Waals surface area contributed by atoms with Gasteiger partial charge in [0.05, 0.1) is 4.92 Å². The van der Waals surface area contributed by atoms with E-state index >= 15 is 0 Å². The summed E-state index contributed by atoms with van der Waals surface area (Å²) in [6, 6.07) is 4.50. The van der Waals surface area contributed by atoms with Gasteiger partial charge in [0.1, 0.15) is 5.69 Å². The lowest BCUT2D eigenvalue weighted by atomic mass is 10.2. The van der Waals surface area contributed by atoms with Crippen LogP contribution in [0.5, 0.6) is 0 Å². The van der Waals surface area contributed by atoms with Gasteiger partial charge in [0, 0.05) is 29.5 Å². The molecule has 0 saturated heterocycles. The van der Waals surface area contributed by atoms with Crippen molar-refractivity contribution >= 4 is 34.7 Å². The number of aliphatic hydroxyl groups excluding tert-OH is 1. The number of halogens is 1. The maximum atomic E-state index is 10.9. The van der Waals surface area contributed by atoms with Gasteiger partial charge >= 0.3 is 0 Å². The molecule has 0 aliphatic rings. The topological polar surface area (TPSA) is 75.4 Å². The molecule has 0 aromatic heterocycles. The maximum absolute atomic E-state index is 10.9. The monoisotopic (exact) mass is 290 g/mol. The molecule has 0 saturated carbocycles. The number of rotatable bonds is 7. The third kappa shape index (κ3) is 4.36. The minimum atomic E-state index is -0.469. The van der Waals surface area contributed by atoms with E-state index in [-0.39, 0.29) is 18.3 Å². The first-order valence-corrected chi connectivity index (χ1v) is 7.16. The molecule has 7 heteroatoms. The molecule has 1 aromatic carbocycles. The maximum Gasteiger partial charge on any atom is 0.293 e. The first-order chi connectivity index (χ1) is 8.58. The number of hydrogen-bond acceptors (Lipinski definition) is 5. The first-order valence-electron chi connectivity index (χ1n) is 5.38. The number of nitrogens with zero attached hydrogens (tertiary/aromatic N) is 1. The Balaban J connectivity index is 2.90. The molecule has 1 rings (SSSR count). The summed E-state index contributed by atoms with van der Waals surface area (Å²) in [6.45, 7) is 0.0413. The van der Waals surface area contributed by atoms with Gasteiger partial charge in [-0.15, -0.1) is 0 Å². The van der Waals surface area contributed by atoms with Crippen LogP contribution in [-0.4, -0.2) is 34.7 Å². The molecule has 0 radical (unpaired) electrons. The third-order valence-corrected chi connectivity index (χ3v) is 3.33. The summed E-state index contributed by atoms with van der Waals surface area (Å²) in [7, 11) is 0. The largest absolute Gasteiger partial charge is 0.396 e. The molecule has 18 heavy (non-hydrogen) atoms. The average Bonchev–Trinajstić information content (AvgIpc) is 2.32. The highest BCUT2D eigenvalue weighted by Gasteiger charge is 2.17. The molecule has 0 spiro atoms. The van der Waals surface area contributed by atoms with Crippen molar-refractivity contribution in [3.8, 4) is 0 Å². The lowest BCUT2D eigenvalue weighted by Crippen LogP contribution is -2.24. The van der Waals surface area contributed by atoms with E-state index in [1.54, 1.807) is 23.9 Å². The summed E-state index contributed by atoms with van der Waals surface area (Å²) in [5.41, 5.74) is 0.378. The zero-order chi connectivity index (χ0) is 13.5. The minimum Gasteiger partial charge on any atom is -0.396 e. The number of aliphatic hydroxyl groups is 1. The highest BCUT2D eigenvalue weighted by molar-refractivity contribution is 7.98. The third-order valence-electron chi connectivity index (χ3n) is 2.36. The molecular weight excluding hydrogens is 276 g/mol. The average molecular weight is 291 g/mol. The molecule has 5 nitrogen and oxygen atoms in total. The molecule has 100 valence electrons. The number of nitro benzene ring substituents is 1. The zero-order valence-corrected chi connectivity index (χ0v) is 11.5. The number of nitro groups is 1. The van der Waals surface area contributed by atoms with Gasteiger partial charge in [0.25, 0.3) is 5.69 Å². The quantitative estimate of drug-likeness (QED) is 0.596. The number of thioether (sulfide) groups is 1. The van der Waals surface area contributed by atoms with Crippen molar-refractivity contribution in [1.82, 2.24) is 0 Å². The molecule has 1 atom stereocenters. The van der Waals surface area contributed by atoms with E-state index in [2.05, 4.69) is 5.32 Å². The molecular formula is C11H15ClN2O3S. The Morgan fingerprint density at radius 1 is 1.61 bits per heavy atom. The number of benzene rings is 1. The van der Waals surface area contributed by atoms with Gasteiger partial charge in [-0.25, -0.2) is 0 Å². The molecule has 1 unspecified atom stereocenters. The fourth-order valence-corrected chi connectivity index (χ4v) is 2.37. The number of nitrogens with one attached hydrogen (secondary N) is 1. The summed E-state index contributed by atoms with van der Waals surface area (Å²) >= 11 is 7.36. The Labute approximate surface area is 115 Å². The summed E-state index contributed by atoms with van der Waals surface area (Å²) in [5, 5.41) is 23.3. The fourth-order valence-electron chi connectivity index (χ4n) is 1.55. The van der Waals surface area contributed by atoms with Crippen LogP contribution in [0.4, 0.5) is 11.4 Å². The van der Waals surface area contributed by atoms with Crippen molar-refractivity contribution in [1.29, 1.82) is 0 Å². The predicted octanol–water partition coefficient (Wildman–Crippen LogP) is 2.77. The predicted molar refractivity (Wildman–Crippen MR) is 75.6 cm³/mol. The number of hydrogen-bond donors (Lipinski definition) is 2. The lowest BCUT2D eigenvalue weighted by Gasteiger charge is -2.17. The van der Waals surface area contributed by atoms with Gasteiger partial charge in [-0.2, -0.15) is 11.8 Å². The first kappa shape index (κ1) is 15.1. The second-order valence-electron chi connectivity index (χ2n) is 3.73. The number of anilines is 1. The van der Waals surface area contributed by atoms with E-state index < -0.39 is 4.92 Å². The summed E-state index contributed by atoms with van der Waals surface area (Å²) < 4.78 is 0. The SMILES string of the molecule is CSCC(CCO)Nc1ccc(Cl)cc1[N+](=O)[O-]. The van der Waals surface area contributed by atoms with E-state index in [9.17, 15) is 10.1 Å². The van der Waals surface area contributed by atoms with Crippen LogP contribution in [0.15, 0.2) is 18.2 Å². The Morgan fingerprint density at radius 3 is 2.89 bits per heavy atom. The van der Waals surface area contributed by atoms with Crippen LogP contribution in [0.3, 0.4) is 0 Å². The standard InChI is InChI=1S/C11H15ClN2O3S/c1-18-7-9(4-5-15)13-10-3-2-8(12)6-11(10)14(16)17/h2-3,6,9,13,15H,4-5,7H2,1H3. The van der Waals surface area contributed by atoms with Crippen LogP contribution in [0.1, 0.15) is 6.42 Å². The van der Waals surface area contributed by atoms with Crippen molar-refractivity contribution < 1.29 is 10.0 Å². The molecule has 0 aliphatic carbocycles. The molecule has 0 amide bonds. The van der Waals surface area contributed by atoms with Crippen LogP contribution in [0, 0.1) is 10.1 Å². The van der Waals surface area contributed by atoms with E-state index in [1.165, 1.54) is 6.07 Å². The van der Waals surface area contributed by atoms with Crippen LogP contribution in [-0.2, 0) is 0 Å². The van der Waals surface area contributed by atoms with E-state index in [1.807, 2.05) is 6.26 Å². The minimum absolute atomic E-state index is 0.00937. The lowest BCUT2D eigenvalue weighted by molar-refractivity contribution is -0.384. The van der Waals surface area contributed by atoms with Crippen LogP contribution in [0.25, 0.3) is 0 Å². The Kier molecular flexibility index (Phi) is 6.24. The van der Waals surface area contributed by atoms with Crippen molar-refractivity contribution in [3.63, 3.8) is 0 Å². The van der Waals surface area contributed by atoms with Gasteiger partial charge in [0.2, 0.25) is 0 Å². The second-order valence-corrected chi connectivity index (χ2v) is 5.07. The van der Waals surface area contributed by atoms with Crippen molar-refractivity contribution in [2.75, 3.05) is 23.9 Å². The van der Waals surface area contributed by atoms with Gasteiger partial charge in [0.15, 0.2) is 0 Å². The van der Waals surface area contributed by atoms with Gasteiger partial charge < -0.3 is 10.4 Å².